The molecule has 0 amide bonds. The number of aryl methyl sites for hydroxylation is 1. The van der Waals surface area contributed by atoms with Crippen LogP contribution in [-0.2, 0) is 0 Å². The molecule has 2 rings (SSSR count). The minimum atomic E-state index is 0.514. The van der Waals surface area contributed by atoms with Gasteiger partial charge in [0.2, 0.25) is 0 Å². The lowest BCUT2D eigenvalue weighted by Gasteiger charge is -2.03. The zero-order valence-electron chi connectivity index (χ0n) is 11.1. The molecule has 0 aliphatic carbocycles. The summed E-state index contributed by atoms with van der Waals surface area (Å²) >= 11 is 5.84. The number of aromatic nitrogens is 1. The number of hydrogen-bond acceptors (Lipinski definition) is 4. The van der Waals surface area contributed by atoms with Crippen LogP contribution in [0.15, 0.2) is 35.5 Å². The van der Waals surface area contributed by atoms with Crippen molar-refractivity contribution in [2.24, 2.45) is 4.99 Å². The molecule has 4 nitrogen and oxygen atoms in total. The van der Waals surface area contributed by atoms with Crippen molar-refractivity contribution in [3.05, 3.63) is 52.2 Å². The van der Waals surface area contributed by atoms with E-state index in [1.807, 2.05) is 6.92 Å². The molecule has 102 valence electrons. The fourth-order valence-corrected chi connectivity index (χ4v) is 1.91. The molecule has 0 saturated carbocycles. The summed E-state index contributed by atoms with van der Waals surface area (Å²) in [4.78, 5) is 19.5. The second kappa shape index (κ2) is 6.30. The molecular weight excluding hydrogens is 276 g/mol. The van der Waals surface area contributed by atoms with Crippen LogP contribution in [0.4, 0.5) is 5.82 Å². The third-order valence-electron chi connectivity index (χ3n) is 2.76. The van der Waals surface area contributed by atoms with Gasteiger partial charge in [0.05, 0.1) is 12.1 Å². The SMILES string of the molecule is COc1ccc(C=Nc2ncc(Cl)cc2C)c(C=O)c1. The highest BCUT2D eigenvalue weighted by Crippen LogP contribution is 2.20. The summed E-state index contributed by atoms with van der Waals surface area (Å²) in [5.41, 5.74) is 2.09. The van der Waals surface area contributed by atoms with Crippen molar-refractivity contribution in [1.29, 1.82) is 0 Å². The Labute approximate surface area is 122 Å². The molecule has 0 bridgehead atoms. The maximum Gasteiger partial charge on any atom is 0.154 e. The van der Waals surface area contributed by atoms with Crippen LogP contribution >= 0.6 is 11.6 Å². The molecule has 0 atom stereocenters. The van der Waals surface area contributed by atoms with E-state index in [9.17, 15) is 4.79 Å². The van der Waals surface area contributed by atoms with E-state index in [0.29, 0.717) is 27.7 Å². The molecule has 0 radical (unpaired) electrons. The third-order valence-corrected chi connectivity index (χ3v) is 2.97. The van der Waals surface area contributed by atoms with Gasteiger partial charge in [-0.05, 0) is 36.8 Å². The summed E-state index contributed by atoms with van der Waals surface area (Å²) in [6.07, 6.45) is 3.91. The molecule has 1 heterocycles. The molecule has 2 aromatic rings. The van der Waals surface area contributed by atoms with Crippen molar-refractivity contribution < 1.29 is 9.53 Å². The molecule has 0 spiro atoms. The average molecular weight is 289 g/mol. The van der Waals surface area contributed by atoms with Gasteiger partial charge >= 0.3 is 0 Å². The molecule has 20 heavy (non-hydrogen) atoms. The van der Waals surface area contributed by atoms with Gasteiger partial charge in [-0.15, -0.1) is 0 Å². The first-order valence-corrected chi connectivity index (χ1v) is 6.31. The van der Waals surface area contributed by atoms with E-state index in [1.54, 1.807) is 37.6 Å². The molecule has 1 aromatic heterocycles. The Balaban J connectivity index is 2.33. The van der Waals surface area contributed by atoms with Crippen molar-refractivity contribution >= 4 is 29.9 Å². The second-order valence-electron chi connectivity index (χ2n) is 4.16. The number of rotatable bonds is 4. The first-order chi connectivity index (χ1) is 9.63. The zero-order chi connectivity index (χ0) is 14.5. The molecule has 0 N–H and O–H groups in total. The smallest absolute Gasteiger partial charge is 0.154 e. The zero-order valence-corrected chi connectivity index (χ0v) is 11.9. The monoisotopic (exact) mass is 288 g/mol. The maximum absolute atomic E-state index is 11.1. The number of hydrogen-bond donors (Lipinski definition) is 0. The number of ether oxygens (including phenoxy) is 1. The predicted molar refractivity (Wildman–Crippen MR) is 79.6 cm³/mol. The third kappa shape index (κ3) is 3.22. The van der Waals surface area contributed by atoms with Crippen molar-refractivity contribution in [1.82, 2.24) is 4.98 Å². The lowest BCUT2D eigenvalue weighted by molar-refractivity contribution is 0.112. The summed E-state index contributed by atoms with van der Waals surface area (Å²) in [5.74, 6) is 1.20. The second-order valence-corrected chi connectivity index (χ2v) is 4.60. The lowest BCUT2D eigenvalue weighted by atomic mass is 10.1. The van der Waals surface area contributed by atoms with Crippen molar-refractivity contribution in [3.63, 3.8) is 0 Å². The molecule has 0 aliphatic heterocycles. The van der Waals surface area contributed by atoms with E-state index in [4.69, 9.17) is 16.3 Å². The molecule has 1 aromatic carbocycles. The molecule has 0 fully saturated rings. The van der Waals surface area contributed by atoms with Gasteiger partial charge in [-0.3, -0.25) is 4.79 Å². The van der Waals surface area contributed by atoms with Gasteiger partial charge in [-0.25, -0.2) is 9.98 Å². The number of halogens is 1. The van der Waals surface area contributed by atoms with Gasteiger partial charge in [-0.2, -0.15) is 0 Å². The van der Waals surface area contributed by atoms with Crippen molar-refractivity contribution in [2.45, 2.75) is 6.92 Å². The quantitative estimate of drug-likeness (QED) is 0.638. The normalized spacial score (nSPS) is 10.8. The first-order valence-electron chi connectivity index (χ1n) is 5.93. The largest absolute Gasteiger partial charge is 0.497 e. The minimum Gasteiger partial charge on any atom is -0.497 e. The summed E-state index contributed by atoms with van der Waals surface area (Å²) in [6.45, 7) is 1.88. The summed E-state index contributed by atoms with van der Waals surface area (Å²) < 4.78 is 5.08. The van der Waals surface area contributed by atoms with E-state index < -0.39 is 0 Å². The van der Waals surface area contributed by atoms with E-state index in [-0.39, 0.29) is 0 Å². The lowest BCUT2D eigenvalue weighted by Crippen LogP contribution is -1.93. The van der Waals surface area contributed by atoms with Crippen LogP contribution in [0, 0.1) is 6.92 Å². The van der Waals surface area contributed by atoms with Crippen LogP contribution in [0.1, 0.15) is 21.5 Å². The number of methoxy groups -OCH3 is 1. The standard InChI is InChI=1S/C15H13ClN2O2/c1-10-5-13(16)8-18-15(10)17-7-11-3-4-14(20-2)6-12(11)9-19/h3-9H,1-2H3. The number of nitrogens with zero attached hydrogens (tertiary/aromatic N) is 2. The topological polar surface area (TPSA) is 51.6 Å². The molecule has 0 saturated heterocycles. The highest BCUT2D eigenvalue weighted by molar-refractivity contribution is 6.30. The fraction of sp³-hybridized carbons (Fsp3) is 0.133. The van der Waals surface area contributed by atoms with Gasteiger partial charge in [0.25, 0.3) is 0 Å². The Bertz CT molecular complexity index is 669. The van der Waals surface area contributed by atoms with Crippen LogP contribution < -0.4 is 4.74 Å². The fourth-order valence-electron chi connectivity index (χ4n) is 1.70. The van der Waals surface area contributed by atoms with Crippen LogP contribution in [0.3, 0.4) is 0 Å². The molecule has 5 heteroatoms. The van der Waals surface area contributed by atoms with E-state index in [0.717, 1.165) is 11.8 Å². The van der Waals surface area contributed by atoms with E-state index >= 15 is 0 Å². The highest BCUT2D eigenvalue weighted by atomic mass is 35.5. The van der Waals surface area contributed by atoms with Gasteiger partial charge in [0.15, 0.2) is 12.1 Å². The number of carbonyl (C=O) groups excluding carboxylic acids is 1. The molecule has 0 aliphatic rings. The highest BCUT2D eigenvalue weighted by Gasteiger charge is 2.03. The molecule has 0 unspecified atom stereocenters. The first kappa shape index (κ1) is 14.2. The Kier molecular flexibility index (Phi) is 4.48. The van der Waals surface area contributed by atoms with Crippen LogP contribution in [0.2, 0.25) is 5.02 Å². The minimum absolute atomic E-state index is 0.514. The van der Waals surface area contributed by atoms with Crippen LogP contribution in [0.5, 0.6) is 5.75 Å². The Hall–Kier alpha value is -2.20. The van der Waals surface area contributed by atoms with Crippen molar-refractivity contribution in [2.75, 3.05) is 7.11 Å². The number of benzene rings is 1. The van der Waals surface area contributed by atoms with Gasteiger partial charge in [0.1, 0.15) is 5.75 Å². The summed E-state index contributed by atoms with van der Waals surface area (Å²) in [5, 5.41) is 0.569. The predicted octanol–water partition coefficient (Wildman–Crippen LogP) is 3.62. The van der Waals surface area contributed by atoms with E-state index in [2.05, 4.69) is 9.98 Å². The molecular formula is C15H13ClN2O2. The summed E-state index contributed by atoms with van der Waals surface area (Å²) in [7, 11) is 1.55. The number of pyridine rings is 1. The summed E-state index contributed by atoms with van der Waals surface area (Å²) in [6, 6.07) is 7.00. The average Bonchev–Trinajstić information content (AvgIpc) is 2.46. The van der Waals surface area contributed by atoms with Gasteiger partial charge in [0, 0.05) is 23.5 Å². The Morgan fingerprint density at radius 1 is 1.30 bits per heavy atom. The Morgan fingerprint density at radius 3 is 2.75 bits per heavy atom. The number of carbonyl (C=O) groups is 1. The van der Waals surface area contributed by atoms with E-state index in [1.165, 1.54) is 6.20 Å². The number of aldehydes is 1. The van der Waals surface area contributed by atoms with Crippen LogP contribution in [0.25, 0.3) is 0 Å². The van der Waals surface area contributed by atoms with Gasteiger partial charge < -0.3 is 4.74 Å². The maximum atomic E-state index is 11.1. The Morgan fingerprint density at radius 2 is 2.10 bits per heavy atom. The number of aliphatic imine (C=N–C) groups is 1. The van der Waals surface area contributed by atoms with Crippen LogP contribution in [-0.4, -0.2) is 24.6 Å². The van der Waals surface area contributed by atoms with Gasteiger partial charge in [-0.1, -0.05) is 11.6 Å². The van der Waals surface area contributed by atoms with Crippen molar-refractivity contribution in [3.8, 4) is 5.75 Å².